The molecule has 0 aromatic rings. The number of amides is 1. The summed E-state index contributed by atoms with van der Waals surface area (Å²) in [6, 6.07) is 0. The Morgan fingerprint density at radius 1 is 1.00 bits per heavy atom. The van der Waals surface area contributed by atoms with E-state index in [1.165, 1.54) is 0 Å². The SMILES string of the molecule is BC1CN(C(C)(C)C)C(B)(B)C(B)(B)N1C(=O)OC(C(F)(F)F)C(F)(F)F. The van der Waals surface area contributed by atoms with Gasteiger partial charge in [-0.1, -0.05) is 0 Å². The van der Waals surface area contributed by atoms with Gasteiger partial charge in [0.15, 0.2) is 0 Å². The fraction of sp³-hybridized carbons (Fsp3) is 0.917. The zero-order valence-corrected chi connectivity index (χ0v) is 16.8. The van der Waals surface area contributed by atoms with Gasteiger partial charge in [-0.25, -0.2) is 4.79 Å². The van der Waals surface area contributed by atoms with Gasteiger partial charge in [0.1, 0.15) is 39.2 Å². The summed E-state index contributed by atoms with van der Waals surface area (Å²) < 4.78 is 80.6. The zero-order valence-electron chi connectivity index (χ0n) is 16.8. The van der Waals surface area contributed by atoms with Crippen molar-refractivity contribution in [2.45, 2.75) is 61.4 Å². The van der Waals surface area contributed by atoms with Crippen LogP contribution in [0, 0.1) is 0 Å². The molecule has 1 unspecified atom stereocenters. The molecule has 1 fully saturated rings. The van der Waals surface area contributed by atoms with Gasteiger partial charge in [-0.3, -0.25) is 0 Å². The minimum Gasteiger partial charge on any atom is -0.427 e. The molecule has 0 aliphatic carbocycles. The predicted octanol–water partition coefficient (Wildman–Crippen LogP) is -2.17. The monoisotopic (exact) mass is 396 g/mol. The van der Waals surface area contributed by atoms with Gasteiger partial charge < -0.3 is 14.5 Å². The summed E-state index contributed by atoms with van der Waals surface area (Å²) in [5.74, 6) is -0.651. The smallest absolute Gasteiger partial charge is 0.427 e. The topological polar surface area (TPSA) is 32.8 Å². The summed E-state index contributed by atoms with van der Waals surface area (Å²) in [5.41, 5.74) is -0.328. The van der Waals surface area contributed by atoms with Gasteiger partial charge in [-0.2, -0.15) is 26.3 Å². The molecule has 15 heteroatoms. The van der Waals surface area contributed by atoms with E-state index >= 15 is 0 Å². The van der Waals surface area contributed by atoms with Crippen LogP contribution in [0.4, 0.5) is 31.1 Å². The second kappa shape index (κ2) is 6.88. The number of hydrogen-bond acceptors (Lipinski definition) is 3. The van der Waals surface area contributed by atoms with Gasteiger partial charge >= 0.3 is 18.4 Å². The molecule has 27 heavy (non-hydrogen) atoms. The molecular formula is C12H23B5F6N2O2. The molecule has 0 spiro atoms. The average Bonchev–Trinajstić information content (AvgIpc) is 2.36. The van der Waals surface area contributed by atoms with Gasteiger partial charge in [0, 0.05) is 18.0 Å². The van der Waals surface area contributed by atoms with Crippen LogP contribution >= 0.6 is 0 Å². The molecule has 1 atom stereocenters. The summed E-state index contributed by atoms with van der Waals surface area (Å²) in [4.78, 5) is 15.5. The Morgan fingerprint density at radius 3 is 1.74 bits per heavy atom. The quantitative estimate of drug-likeness (QED) is 0.374. The highest BCUT2D eigenvalue weighted by Gasteiger charge is 2.62. The van der Waals surface area contributed by atoms with E-state index in [0.29, 0.717) is 0 Å². The highest BCUT2D eigenvalue weighted by Crippen LogP contribution is 2.39. The number of piperazine rings is 1. The van der Waals surface area contributed by atoms with E-state index in [4.69, 9.17) is 0 Å². The molecule has 1 saturated heterocycles. The van der Waals surface area contributed by atoms with Crippen LogP contribution in [0.1, 0.15) is 20.8 Å². The number of nitrogens with zero attached hydrogens (tertiary/aromatic N) is 2. The lowest BCUT2D eigenvalue weighted by Gasteiger charge is -2.65. The van der Waals surface area contributed by atoms with Gasteiger partial charge in [0.25, 0.3) is 6.10 Å². The molecule has 1 aliphatic heterocycles. The molecule has 1 aliphatic rings. The van der Waals surface area contributed by atoms with Gasteiger partial charge in [-0.05, 0) is 31.4 Å². The zero-order chi connectivity index (χ0) is 21.8. The maximum atomic E-state index is 12.8. The maximum Gasteiger partial charge on any atom is 0.434 e. The number of ether oxygens (including phenoxy) is 1. The first-order valence-corrected chi connectivity index (χ1v) is 8.56. The Morgan fingerprint density at radius 2 is 1.41 bits per heavy atom. The van der Waals surface area contributed by atoms with Crippen LogP contribution in [0.15, 0.2) is 0 Å². The highest BCUT2D eigenvalue weighted by molar-refractivity contribution is 6.55. The normalized spacial score (nSPS) is 24.1. The molecule has 0 aromatic carbocycles. The van der Waals surface area contributed by atoms with Crippen molar-refractivity contribution in [3.05, 3.63) is 0 Å². The summed E-state index contributed by atoms with van der Waals surface area (Å²) >= 11 is 0. The minimum atomic E-state index is -5.75. The molecule has 0 saturated carbocycles. The highest BCUT2D eigenvalue weighted by atomic mass is 19.4. The van der Waals surface area contributed by atoms with Crippen LogP contribution in [0.2, 0.25) is 0 Å². The third-order valence-corrected chi connectivity index (χ3v) is 5.48. The average molecular weight is 395 g/mol. The van der Waals surface area contributed by atoms with Crippen LogP contribution in [-0.4, -0.2) is 102 Å². The molecule has 0 aromatic heterocycles. The number of hydrogen-bond donors (Lipinski definition) is 0. The van der Waals surface area contributed by atoms with Gasteiger partial charge in [0.2, 0.25) is 0 Å². The summed E-state index contributed by atoms with van der Waals surface area (Å²) in [6.45, 7) is 6.14. The van der Waals surface area contributed by atoms with Crippen LogP contribution in [-0.2, 0) is 4.74 Å². The Hall–Kier alpha value is -0.865. The van der Waals surface area contributed by atoms with E-state index in [1.54, 1.807) is 39.2 Å². The van der Waals surface area contributed by atoms with Gasteiger partial charge in [0.05, 0.1) is 0 Å². The van der Waals surface area contributed by atoms with Crippen molar-refractivity contribution in [3.8, 4) is 0 Å². The maximum absolute atomic E-state index is 12.8. The standard InChI is InChI=1S/C12H23B5F6N2O2/c1-8(2,3)24-4-5(13)25(12(16,17)11(24,14)15)7(26)27-6(9(18,19)20)10(21,22)23/h5-6H,4,13-17H2,1-3H3. The largest absolute Gasteiger partial charge is 0.434 e. The van der Waals surface area contributed by atoms with E-state index in [1.807, 2.05) is 20.8 Å². The summed E-state index contributed by atoms with van der Waals surface area (Å²) in [5, 5.41) is -1.85. The van der Waals surface area contributed by atoms with Crippen LogP contribution in [0.25, 0.3) is 0 Å². The van der Waals surface area contributed by atoms with Crippen molar-refractivity contribution in [3.63, 3.8) is 0 Å². The first kappa shape index (κ1) is 24.2. The second-order valence-corrected chi connectivity index (χ2v) is 8.97. The molecule has 1 amide bonds. The second-order valence-electron chi connectivity index (χ2n) is 8.97. The van der Waals surface area contributed by atoms with Crippen molar-refractivity contribution in [2.24, 2.45) is 0 Å². The van der Waals surface area contributed by atoms with E-state index < -0.39 is 41.2 Å². The lowest BCUT2D eigenvalue weighted by Crippen LogP contribution is -2.83. The van der Waals surface area contributed by atoms with E-state index in [0.717, 1.165) is 4.90 Å². The third kappa shape index (κ3) is 4.59. The molecule has 1 heterocycles. The fourth-order valence-electron chi connectivity index (χ4n) is 3.75. The van der Waals surface area contributed by atoms with E-state index in [9.17, 15) is 31.1 Å². The molecular weight excluding hydrogens is 372 g/mol. The number of rotatable bonds is 1. The Kier molecular flexibility index (Phi) is 6.16. The minimum absolute atomic E-state index is 0.276. The summed E-state index contributed by atoms with van der Waals surface area (Å²) in [7, 11) is 8.40. The van der Waals surface area contributed by atoms with Crippen molar-refractivity contribution in [1.29, 1.82) is 0 Å². The molecule has 4 nitrogen and oxygen atoms in total. The third-order valence-electron chi connectivity index (χ3n) is 5.48. The number of carbonyl (C=O) groups is 1. The lowest BCUT2D eigenvalue weighted by atomic mass is 9.35. The van der Waals surface area contributed by atoms with E-state index in [2.05, 4.69) is 9.64 Å². The molecule has 0 bridgehead atoms. The van der Waals surface area contributed by atoms with Crippen molar-refractivity contribution >= 4 is 45.3 Å². The number of alkyl halides is 6. The Labute approximate surface area is 159 Å². The molecule has 1 rings (SSSR count). The Bertz CT molecular complexity index is 564. The van der Waals surface area contributed by atoms with Crippen LogP contribution < -0.4 is 0 Å². The van der Waals surface area contributed by atoms with Crippen LogP contribution in [0.5, 0.6) is 0 Å². The van der Waals surface area contributed by atoms with Crippen LogP contribution in [0.3, 0.4) is 0 Å². The lowest BCUT2D eigenvalue weighted by molar-refractivity contribution is -0.309. The number of halogens is 6. The van der Waals surface area contributed by atoms with E-state index in [-0.39, 0.29) is 12.1 Å². The molecule has 150 valence electrons. The Balaban J connectivity index is 3.28. The first-order valence-electron chi connectivity index (χ1n) is 8.56. The molecule has 0 N–H and O–H groups in total. The first-order chi connectivity index (χ1) is 11.6. The molecule has 0 radical (unpaired) electrons. The predicted molar refractivity (Wildman–Crippen MR) is 103 cm³/mol. The van der Waals surface area contributed by atoms with Crippen molar-refractivity contribution < 1.29 is 35.9 Å². The van der Waals surface area contributed by atoms with Gasteiger partial charge in [-0.15, -0.1) is 0 Å². The number of carbonyl (C=O) groups excluding carboxylic acids is 1. The summed E-state index contributed by atoms with van der Waals surface area (Å²) in [6.07, 6.45) is -17.3. The van der Waals surface area contributed by atoms with Crippen molar-refractivity contribution in [1.82, 2.24) is 9.80 Å². The van der Waals surface area contributed by atoms with Crippen molar-refractivity contribution in [2.75, 3.05) is 6.54 Å². The fourth-order valence-corrected chi connectivity index (χ4v) is 3.75.